The average molecular weight is 484 g/mol. The summed E-state index contributed by atoms with van der Waals surface area (Å²) in [5, 5.41) is 0. The molecule has 0 fully saturated rings. The zero-order valence-corrected chi connectivity index (χ0v) is 9.31. The van der Waals surface area contributed by atoms with E-state index in [4.69, 9.17) is 0 Å². The Morgan fingerprint density at radius 2 is 0.600 bits per heavy atom. The molecule has 46 valence electrons. The molecule has 0 nitrogen and oxygen atoms in total. The van der Waals surface area contributed by atoms with Gasteiger partial charge in [0.15, 0.2) is 0 Å². The molecule has 0 N–H and O–H groups in total. The molecular weight excluding hydrogens is 483 g/mol. The van der Waals surface area contributed by atoms with Gasteiger partial charge in [0.25, 0.3) is 0 Å². The zero-order valence-electron chi connectivity index (χ0n) is 1.72. The van der Waals surface area contributed by atoms with Gasteiger partial charge in [-0.3, -0.25) is 0 Å². The van der Waals surface area contributed by atoms with Gasteiger partial charge in [0, 0.05) is 0 Å². The summed E-state index contributed by atoms with van der Waals surface area (Å²) in [6.45, 7) is 0. The minimum Gasteiger partial charge on any atom is -2.00 e. The fourth-order valence-electron chi connectivity index (χ4n) is 0. The second-order valence-corrected chi connectivity index (χ2v) is 0. The van der Waals surface area contributed by atoms with Crippen molar-refractivity contribution >= 4 is 37.5 Å². The van der Waals surface area contributed by atoms with Gasteiger partial charge in [-0.2, -0.15) is 0 Å². The maximum absolute atomic E-state index is 0. The predicted octanol–water partition coefficient (Wildman–Crippen LogP) is 0.608. The van der Waals surface area contributed by atoms with Crippen LogP contribution in [0.25, 0.3) is 0 Å². The van der Waals surface area contributed by atoms with E-state index in [9.17, 15) is 0 Å². The van der Waals surface area contributed by atoms with E-state index < -0.39 is 0 Å². The standard InChI is InChI=1S/3Ag.HI.S/h;;;1H;/q3*+1;;-2. The van der Waals surface area contributed by atoms with E-state index in [-0.39, 0.29) is 105 Å². The molecule has 0 aromatic carbocycles. The van der Waals surface area contributed by atoms with Gasteiger partial charge in [-0.05, 0) is 0 Å². The first-order valence-electron chi connectivity index (χ1n) is 0. The van der Waals surface area contributed by atoms with Crippen LogP contribution < -0.4 is 0 Å². The van der Waals surface area contributed by atoms with Crippen molar-refractivity contribution in [3.8, 4) is 0 Å². The van der Waals surface area contributed by atoms with Gasteiger partial charge < -0.3 is 13.5 Å². The third kappa shape index (κ3) is 18.8. The molecule has 0 aliphatic rings. The molecule has 0 unspecified atom stereocenters. The number of hydrogen-bond donors (Lipinski definition) is 0. The van der Waals surface area contributed by atoms with E-state index in [0.29, 0.717) is 0 Å². The van der Waals surface area contributed by atoms with E-state index >= 15 is 0 Å². The Balaban J connectivity index is 0. The molecule has 0 aromatic heterocycles. The summed E-state index contributed by atoms with van der Waals surface area (Å²) in [7, 11) is 0. The second kappa shape index (κ2) is 26.6. The first-order chi connectivity index (χ1) is 0. The van der Waals surface area contributed by atoms with Crippen molar-refractivity contribution in [3.63, 3.8) is 0 Å². The summed E-state index contributed by atoms with van der Waals surface area (Å²) in [6, 6.07) is 0. The Kier molecular flexibility index (Phi) is 216. The first-order valence-corrected chi connectivity index (χ1v) is 0. The third-order valence-electron chi connectivity index (χ3n) is 0. The SMILES string of the molecule is I.[Ag+].[Ag+].[Ag+].[S-2]. The summed E-state index contributed by atoms with van der Waals surface area (Å²) in [4.78, 5) is 0. The Morgan fingerprint density at radius 3 is 0.600 bits per heavy atom. The second-order valence-electron chi connectivity index (χ2n) is 0. The van der Waals surface area contributed by atoms with Crippen molar-refractivity contribution in [2.24, 2.45) is 0 Å². The van der Waals surface area contributed by atoms with Crippen LogP contribution in [-0.4, -0.2) is 0 Å². The molecular formula is HAg3IS+. The van der Waals surface area contributed by atoms with Gasteiger partial charge in [-0.25, -0.2) is 0 Å². The Morgan fingerprint density at radius 1 is 0.600 bits per heavy atom. The maximum atomic E-state index is 0. The minimum atomic E-state index is 0. The Bertz CT molecular complexity index is 6.85. The summed E-state index contributed by atoms with van der Waals surface area (Å²) in [5.74, 6) is 0. The molecule has 0 rings (SSSR count). The maximum Gasteiger partial charge on any atom is 1.00 e. The fourth-order valence-corrected chi connectivity index (χ4v) is 0. The van der Waals surface area contributed by atoms with Gasteiger partial charge in [0.1, 0.15) is 0 Å². The van der Waals surface area contributed by atoms with Crippen molar-refractivity contribution < 1.29 is 67.1 Å². The molecule has 0 saturated carbocycles. The van der Waals surface area contributed by atoms with Crippen LogP contribution in [0.5, 0.6) is 0 Å². The Labute approximate surface area is 103 Å². The topological polar surface area (TPSA) is 0 Å². The van der Waals surface area contributed by atoms with E-state index in [1.165, 1.54) is 0 Å². The van der Waals surface area contributed by atoms with Crippen LogP contribution >= 0.6 is 24.0 Å². The van der Waals surface area contributed by atoms with E-state index in [1.54, 1.807) is 0 Å². The third-order valence-corrected chi connectivity index (χ3v) is 0. The van der Waals surface area contributed by atoms with Crippen molar-refractivity contribution in [1.29, 1.82) is 0 Å². The van der Waals surface area contributed by atoms with Crippen molar-refractivity contribution in [2.45, 2.75) is 0 Å². The molecule has 0 aliphatic heterocycles. The molecule has 5 heteroatoms. The number of rotatable bonds is 0. The van der Waals surface area contributed by atoms with Crippen LogP contribution in [0, 0.1) is 0 Å². The summed E-state index contributed by atoms with van der Waals surface area (Å²) >= 11 is 0. The van der Waals surface area contributed by atoms with Crippen molar-refractivity contribution in [1.82, 2.24) is 0 Å². The van der Waals surface area contributed by atoms with Crippen LogP contribution in [0.4, 0.5) is 0 Å². The predicted molar refractivity (Wildman–Crippen MR) is 22.8 cm³/mol. The zero-order chi connectivity index (χ0) is 0. The van der Waals surface area contributed by atoms with Crippen molar-refractivity contribution in [3.05, 3.63) is 0 Å². The minimum absolute atomic E-state index is 0. The van der Waals surface area contributed by atoms with Gasteiger partial charge in [-0.15, -0.1) is 24.0 Å². The summed E-state index contributed by atoms with van der Waals surface area (Å²) < 4.78 is 0. The molecule has 5 heavy (non-hydrogen) atoms. The average Bonchev–Trinajstić information content (AvgIpc) is 0. The van der Waals surface area contributed by atoms with Crippen molar-refractivity contribution in [2.75, 3.05) is 0 Å². The summed E-state index contributed by atoms with van der Waals surface area (Å²) in [6.07, 6.45) is 0. The molecule has 0 saturated heterocycles. The largest absolute Gasteiger partial charge is 2.00 e. The van der Waals surface area contributed by atoms with Gasteiger partial charge >= 0.3 is 67.1 Å². The van der Waals surface area contributed by atoms with Gasteiger partial charge in [-0.1, -0.05) is 0 Å². The fraction of sp³-hybridized carbons (Fsp3) is 0. The van der Waals surface area contributed by atoms with E-state index in [0.717, 1.165) is 0 Å². The van der Waals surface area contributed by atoms with Gasteiger partial charge in [0.05, 0.1) is 0 Å². The molecule has 0 aliphatic carbocycles. The Hall–Kier alpha value is 3.30. The molecule has 0 radical (unpaired) electrons. The van der Waals surface area contributed by atoms with Crippen LogP contribution in [0.1, 0.15) is 0 Å². The molecule has 0 spiro atoms. The summed E-state index contributed by atoms with van der Waals surface area (Å²) in [5.41, 5.74) is 0. The molecule has 0 atom stereocenters. The normalized spacial score (nSPS) is 0. The molecule has 0 bridgehead atoms. The van der Waals surface area contributed by atoms with E-state index in [1.807, 2.05) is 0 Å². The first kappa shape index (κ1) is 40.6. The van der Waals surface area contributed by atoms with Gasteiger partial charge in [0.2, 0.25) is 0 Å². The van der Waals surface area contributed by atoms with Crippen LogP contribution in [0.2, 0.25) is 0 Å². The van der Waals surface area contributed by atoms with Crippen LogP contribution in [-0.2, 0) is 80.6 Å². The van der Waals surface area contributed by atoms with Crippen LogP contribution in [0.15, 0.2) is 0 Å². The smallest absolute Gasteiger partial charge is 1.00 e. The number of hydrogen-bond acceptors (Lipinski definition) is 0. The van der Waals surface area contributed by atoms with E-state index in [2.05, 4.69) is 0 Å². The monoisotopic (exact) mass is 481 g/mol. The van der Waals surface area contributed by atoms with Crippen LogP contribution in [0.3, 0.4) is 0 Å². The quantitative estimate of drug-likeness (QED) is 0.350. The molecule has 0 heterocycles. The molecule has 0 aromatic rings. The molecule has 0 amide bonds. The number of halogens is 1.